The molecular formula is C14H14N2. The zero-order valence-electron chi connectivity index (χ0n) is 9.27. The fraction of sp³-hybridized carbons (Fsp3) is 0.143. The summed E-state index contributed by atoms with van der Waals surface area (Å²) in [5.41, 5.74) is 5.06. The van der Waals surface area contributed by atoms with Gasteiger partial charge in [0.25, 0.3) is 0 Å². The molecule has 0 unspecified atom stereocenters. The van der Waals surface area contributed by atoms with Crippen LogP contribution < -0.4 is 10.2 Å². The predicted molar refractivity (Wildman–Crippen MR) is 68.2 cm³/mol. The normalized spacial score (nSPS) is 13.4. The Morgan fingerprint density at radius 1 is 1.00 bits per heavy atom. The summed E-state index contributed by atoms with van der Waals surface area (Å²) in [4.78, 5) is 2.29. The van der Waals surface area contributed by atoms with Crippen molar-refractivity contribution in [1.29, 1.82) is 0 Å². The summed E-state index contributed by atoms with van der Waals surface area (Å²) in [6, 6.07) is 16.9. The molecule has 1 N–H and O–H groups in total. The summed E-state index contributed by atoms with van der Waals surface area (Å²) < 4.78 is 0. The molecule has 2 aromatic rings. The highest BCUT2D eigenvalue weighted by Crippen LogP contribution is 2.38. The number of aryl methyl sites for hydroxylation is 1. The van der Waals surface area contributed by atoms with Crippen molar-refractivity contribution in [2.45, 2.75) is 6.92 Å². The molecule has 0 aliphatic carbocycles. The van der Waals surface area contributed by atoms with Crippen LogP contribution in [-0.4, -0.2) is 6.67 Å². The van der Waals surface area contributed by atoms with Crippen LogP contribution in [0, 0.1) is 6.92 Å². The Morgan fingerprint density at radius 2 is 1.81 bits per heavy atom. The van der Waals surface area contributed by atoms with E-state index in [0.29, 0.717) is 0 Å². The molecule has 16 heavy (non-hydrogen) atoms. The lowest BCUT2D eigenvalue weighted by molar-refractivity contribution is 1.10. The van der Waals surface area contributed by atoms with E-state index in [0.717, 1.165) is 6.67 Å². The molecule has 80 valence electrons. The molecule has 0 radical (unpaired) electrons. The zero-order valence-corrected chi connectivity index (χ0v) is 9.27. The van der Waals surface area contributed by atoms with Gasteiger partial charge >= 0.3 is 0 Å². The number of rotatable bonds is 1. The van der Waals surface area contributed by atoms with Crippen LogP contribution in [-0.2, 0) is 0 Å². The molecule has 0 saturated heterocycles. The lowest BCUT2D eigenvalue weighted by Crippen LogP contribution is -2.15. The van der Waals surface area contributed by atoms with Crippen molar-refractivity contribution < 1.29 is 0 Å². The minimum Gasteiger partial charge on any atom is -0.366 e. The minimum absolute atomic E-state index is 0.851. The van der Waals surface area contributed by atoms with Gasteiger partial charge in [0.2, 0.25) is 0 Å². The van der Waals surface area contributed by atoms with Gasteiger partial charge in [0.15, 0.2) is 0 Å². The lowest BCUT2D eigenvalue weighted by atomic mass is 10.1. The van der Waals surface area contributed by atoms with Gasteiger partial charge in [-0.15, -0.1) is 0 Å². The van der Waals surface area contributed by atoms with Crippen LogP contribution in [0.1, 0.15) is 5.56 Å². The number of para-hydroxylation sites is 2. The molecular weight excluding hydrogens is 196 g/mol. The molecule has 2 aromatic carbocycles. The first-order valence-corrected chi connectivity index (χ1v) is 5.52. The quantitative estimate of drug-likeness (QED) is 0.774. The maximum absolute atomic E-state index is 3.44. The first kappa shape index (κ1) is 9.28. The fourth-order valence-corrected chi connectivity index (χ4v) is 2.19. The summed E-state index contributed by atoms with van der Waals surface area (Å²) in [5.74, 6) is 0. The Hall–Kier alpha value is -1.96. The van der Waals surface area contributed by atoms with E-state index in [9.17, 15) is 0 Å². The Morgan fingerprint density at radius 3 is 2.62 bits per heavy atom. The van der Waals surface area contributed by atoms with Gasteiger partial charge in [-0.1, -0.05) is 30.3 Å². The molecule has 0 aromatic heterocycles. The van der Waals surface area contributed by atoms with Crippen LogP contribution in [0.25, 0.3) is 0 Å². The monoisotopic (exact) mass is 210 g/mol. The van der Waals surface area contributed by atoms with E-state index in [1.807, 2.05) is 6.07 Å². The van der Waals surface area contributed by atoms with Crippen molar-refractivity contribution >= 4 is 17.1 Å². The lowest BCUT2D eigenvalue weighted by Gasteiger charge is -2.17. The van der Waals surface area contributed by atoms with Crippen LogP contribution in [0.4, 0.5) is 17.1 Å². The third kappa shape index (κ3) is 1.34. The zero-order chi connectivity index (χ0) is 11.0. The standard InChI is InChI=1S/C14H14N2/c1-11-6-5-9-13-14(11)15-10-16(13)12-7-3-2-4-8-12/h2-9,15H,10H2,1H3. The molecule has 2 nitrogen and oxygen atoms in total. The van der Waals surface area contributed by atoms with E-state index in [1.54, 1.807) is 0 Å². The van der Waals surface area contributed by atoms with Crippen molar-refractivity contribution in [3.63, 3.8) is 0 Å². The smallest absolute Gasteiger partial charge is 0.0927 e. The highest BCUT2D eigenvalue weighted by Gasteiger charge is 2.20. The van der Waals surface area contributed by atoms with Crippen molar-refractivity contribution in [3.05, 3.63) is 54.1 Å². The van der Waals surface area contributed by atoms with Crippen LogP contribution in [0.5, 0.6) is 0 Å². The summed E-state index contributed by atoms with van der Waals surface area (Å²) in [6.45, 7) is 2.99. The molecule has 1 heterocycles. The van der Waals surface area contributed by atoms with Crippen LogP contribution in [0.2, 0.25) is 0 Å². The minimum atomic E-state index is 0.851. The summed E-state index contributed by atoms with van der Waals surface area (Å²) in [6.07, 6.45) is 0. The number of nitrogens with one attached hydrogen (secondary N) is 1. The SMILES string of the molecule is Cc1cccc2c1NCN2c1ccccc1. The average Bonchev–Trinajstić information content (AvgIpc) is 2.75. The van der Waals surface area contributed by atoms with Gasteiger partial charge in [0.1, 0.15) is 0 Å². The van der Waals surface area contributed by atoms with Gasteiger partial charge in [0, 0.05) is 5.69 Å². The van der Waals surface area contributed by atoms with E-state index >= 15 is 0 Å². The number of hydrogen-bond acceptors (Lipinski definition) is 2. The summed E-state index contributed by atoms with van der Waals surface area (Å²) in [5, 5.41) is 3.44. The second-order valence-corrected chi connectivity index (χ2v) is 4.07. The highest BCUT2D eigenvalue weighted by molar-refractivity contribution is 5.83. The molecule has 2 heteroatoms. The molecule has 0 spiro atoms. The third-order valence-electron chi connectivity index (χ3n) is 3.02. The molecule has 3 rings (SSSR count). The highest BCUT2D eigenvalue weighted by atomic mass is 15.3. The number of anilines is 3. The summed E-state index contributed by atoms with van der Waals surface area (Å²) >= 11 is 0. The van der Waals surface area contributed by atoms with Crippen molar-refractivity contribution in [2.75, 3.05) is 16.9 Å². The Labute approximate surface area is 95.5 Å². The number of nitrogens with zero attached hydrogens (tertiary/aromatic N) is 1. The van der Waals surface area contributed by atoms with Gasteiger partial charge < -0.3 is 10.2 Å². The van der Waals surface area contributed by atoms with Crippen molar-refractivity contribution in [2.24, 2.45) is 0 Å². The van der Waals surface area contributed by atoms with E-state index < -0.39 is 0 Å². The second-order valence-electron chi connectivity index (χ2n) is 4.07. The predicted octanol–water partition coefficient (Wildman–Crippen LogP) is 3.52. The fourth-order valence-electron chi connectivity index (χ4n) is 2.19. The third-order valence-corrected chi connectivity index (χ3v) is 3.02. The van der Waals surface area contributed by atoms with E-state index in [4.69, 9.17) is 0 Å². The molecule has 0 bridgehead atoms. The molecule has 0 amide bonds. The van der Waals surface area contributed by atoms with Gasteiger partial charge in [-0.05, 0) is 30.7 Å². The first-order chi connectivity index (χ1) is 7.86. The Kier molecular flexibility index (Phi) is 2.07. The largest absolute Gasteiger partial charge is 0.366 e. The van der Waals surface area contributed by atoms with Crippen LogP contribution >= 0.6 is 0 Å². The van der Waals surface area contributed by atoms with Gasteiger partial charge in [-0.3, -0.25) is 0 Å². The maximum atomic E-state index is 3.44. The van der Waals surface area contributed by atoms with E-state index in [-0.39, 0.29) is 0 Å². The van der Waals surface area contributed by atoms with Gasteiger partial charge in [-0.25, -0.2) is 0 Å². The second kappa shape index (κ2) is 3.56. The Bertz CT molecular complexity index is 505. The number of benzene rings is 2. The van der Waals surface area contributed by atoms with Gasteiger partial charge in [-0.2, -0.15) is 0 Å². The van der Waals surface area contributed by atoms with Crippen LogP contribution in [0.3, 0.4) is 0 Å². The van der Waals surface area contributed by atoms with E-state index in [2.05, 4.69) is 59.6 Å². The molecule has 1 aliphatic heterocycles. The first-order valence-electron chi connectivity index (χ1n) is 5.52. The molecule has 0 saturated carbocycles. The number of fused-ring (bicyclic) bond motifs is 1. The average molecular weight is 210 g/mol. The van der Waals surface area contributed by atoms with Gasteiger partial charge in [0.05, 0.1) is 18.0 Å². The molecule has 0 fully saturated rings. The molecule has 1 aliphatic rings. The maximum Gasteiger partial charge on any atom is 0.0927 e. The topological polar surface area (TPSA) is 15.3 Å². The summed E-state index contributed by atoms with van der Waals surface area (Å²) in [7, 11) is 0. The van der Waals surface area contributed by atoms with Crippen molar-refractivity contribution in [1.82, 2.24) is 0 Å². The molecule has 0 atom stereocenters. The van der Waals surface area contributed by atoms with E-state index in [1.165, 1.54) is 22.6 Å². The van der Waals surface area contributed by atoms with Crippen LogP contribution in [0.15, 0.2) is 48.5 Å². The van der Waals surface area contributed by atoms with Crippen molar-refractivity contribution in [3.8, 4) is 0 Å². The Balaban J connectivity index is 2.07. The number of hydrogen-bond donors (Lipinski definition) is 1.